The molecule has 2 N–H and O–H groups in total. The van der Waals surface area contributed by atoms with Crippen LogP contribution in [0, 0.1) is 11.3 Å². The van der Waals surface area contributed by atoms with Gasteiger partial charge in [-0.1, -0.05) is 20.8 Å². The number of nitrogens with one attached hydrogen (secondary N) is 2. The van der Waals surface area contributed by atoms with Crippen molar-refractivity contribution in [3.63, 3.8) is 0 Å². The molecule has 1 heterocycles. The van der Waals surface area contributed by atoms with Crippen LogP contribution >= 0.6 is 0 Å². The van der Waals surface area contributed by atoms with Crippen LogP contribution in [-0.4, -0.2) is 53.6 Å². The van der Waals surface area contributed by atoms with Crippen LogP contribution in [0.3, 0.4) is 0 Å². The van der Waals surface area contributed by atoms with Crippen molar-refractivity contribution in [3.8, 4) is 17.2 Å². The molecule has 1 aromatic carbocycles. The first-order valence-electron chi connectivity index (χ1n) is 10.2. The van der Waals surface area contributed by atoms with E-state index in [1.165, 1.54) is 0 Å². The lowest BCUT2D eigenvalue weighted by Gasteiger charge is -2.40. The van der Waals surface area contributed by atoms with Crippen LogP contribution < -0.4 is 24.8 Å². The topological polar surface area (TPSA) is 73.3 Å². The van der Waals surface area contributed by atoms with Gasteiger partial charge in [0.1, 0.15) is 5.75 Å². The van der Waals surface area contributed by atoms with E-state index in [-0.39, 0.29) is 11.5 Å². The first kappa shape index (κ1) is 23.1. The van der Waals surface area contributed by atoms with Crippen LogP contribution in [0.1, 0.15) is 39.2 Å². The van der Waals surface area contributed by atoms with Gasteiger partial charge in [-0.25, -0.2) is 0 Å². The van der Waals surface area contributed by atoms with Gasteiger partial charge in [0.25, 0.3) is 0 Å². The lowest BCUT2D eigenvalue weighted by atomic mass is 9.78. The van der Waals surface area contributed by atoms with Crippen LogP contribution in [-0.2, 0) is 11.3 Å². The molecule has 0 bridgehead atoms. The Morgan fingerprint density at radius 3 is 2.31 bits per heavy atom. The molecule has 29 heavy (non-hydrogen) atoms. The summed E-state index contributed by atoms with van der Waals surface area (Å²) < 4.78 is 22.4. The average molecular weight is 408 g/mol. The molecular weight excluding hydrogens is 370 g/mol. The highest BCUT2D eigenvalue weighted by atomic mass is 16.5. The maximum absolute atomic E-state index is 6.09. The molecule has 1 fully saturated rings. The Kier molecular flexibility index (Phi) is 8.44. The van der Waals surface area contributed by atoms with E-state index in [0.717, 1.165) is 43.3 Å². The van der Waals surface area contributed by atoms with Gasteiger partial charge in [0.2, 0.25) is 0 Å². The number of rotatable bonds is 7. The minimum atomic E-state index is 0.122. The van der Waals surface area contributed by atoms with Crippen molar-refractivity contribution in [2.24, 2.45) is 16.3 Å². The molecule has 1 aliphatic rings. The Morgan fingerprint density at radius 1 is 1.07 bits per heavy atom. The fraction of sp³-hybridized carbons (Fsp3) is 0.682. The predicted molar refractivity (Wildman–Crippen MR) is 116 cm³/mol. The molecule has 1 saturated heterocycles. The molecule has 2 atom stereocenters. The standard InChI is InChI=1S/C22H37N3O4/c1-22(2,3)20-15(9-8-10-29-20)13-24-21(23-4)25-14-16-11-18(27-6)19(28-7)12-17(16)26-5/h11-12,15,20H,8-10,13-14H2,1-7H3,(H2,23,24,25). The fourth-order valence-corrected chi connectivity index (χ4v) is 3.87. The number of ether oxygens (including phenoxy) is 4. The Balaban J connectivity index is 2.00. The van der Waals surface area contributed by atoms with Crippen molar-refractivity contribution >= 4 is 5.96 Å². The fourth-order valence-electron chi connectivity index (χ4n) is 3.87. The van der Waals surface area contributed by atoms with Gasteiger partial charge in [0.05, 0.1) is 27.4 Å². The monoisotopic (exact) mass is 407 g/mol. The summed E-state index contributed by atoms with van der Waals surface area (Å²) in [7, 11) is 6.66. The average Bonchev–Trinajstić information content (AvgIpc) is 2.72. The third-order valence-electron chi connectivity index (χ3n) is 5.29. The van der Waals surface area contributed by atoms with Gasteiger partial charge < -0.3 is 29.6 Å². The number of nitrogens with zero attached hydrogens (tertiary/aromatic N) is 1. The summed E-state index contributed by atoms with van der Waals surface area (Å²) in [5.74, 6) is 3.25. The molecule has 2 unspecified atom stereocenters. The highest BCUT2D eigenvalue weighted by Gasteiger charge is 2.35. The molecule has 164 valence electrons. The highest BCUT2D eigenvalue weighted by Crippen LogP contribution is 2.35. The first-order chi connectivity index (χ1) is 13.8. The zero-order valence-corrected chi connectivity index (χ0v) is 18.9. The van der Waals surface area contributed by atoms with Crippen molar-refractivity contribution in [2.75, 3.05) is 41.5 Å². The summed E-state index contributed by atoms with van der Waals surface area (Å²) in [4.78, 5) is 4.36. The van der Waals surface area contributed by atoms with Crippen molar-refractivity contribution in [1.82, 2.24) is 10.6 Å². The molecule has 0 spiro atoms. The second-order valence-corrected chi connectivity index (χ2v) is 8.39. The van der Waals surface area contributed by atoms with Crippen LogP contribution in [0.5, 0.6) is 17.2 Å². The molecule has 1 aromatic rings. The quantitative estimate of drug-likeness (QED) is 0.534. The van der Waals surface area contributed by atoms with E-state index in [1.807, 2.05) is 12.1 Å². The van der Waals surface area contributed by atoms with Crippen LogP contribution in [0.25, 0.3) is 0 Å². The second-order valence-electron chi connectivity index (χ2n) is 8.39. The minimum Gasteiger partial charge on any atom is -0.496 e. The van der Waals surface area contributed by atoms with Gasteiger partial charge in [0, 0.05) is 44.3 Å². The maximum Gasteiger partial charge on any atom is 0.191 e. The lowest BCUT2D eigenvalue weighted by molar-refractivity contribution is -0.0835. The summed E-state index contributed by atoms with van der Waals surface area (Å²) >= 11 is 0. The van der Waals surface area contributed by atoms with E-state index in [9.17, 15) is 0 Å². The zero-order valence-electron chi connectivity index (χ0n) is 18.9. The number of aliphatic imine (C=N–C) groups is 1. The normalized spacial score (nSPS) is 20.2. The third kappa shape index (κ3) is 6.16. The van der Waals surface area contributed by atoms with E-state index < -0.39 is 0 Å². The number of hydrogen-bond acceptors (Lipinski definition) is 5. The van der Waals surface area contributed by atoms with Gasteiger partial charge in [-0.05, 0) is 24.3 Å². The van der Waals surface area contributed by atoms with Gasteiger partial charge in [0.15, 0.2) is 17.5 Å². The van der Waals surface area contributed by atoms with Gasteiger partial charge in [-0.15, -0.1) is 0 Å². The maximum atomic E-state index is 6.09. The number of methoxy groups -OCH3 is 3. The molecule has 0 aliphatic carbocycles. The zero-order chi connectivity index (χ0) is 21.4. The third-order valence-corrected chi connectivity index (χ3v) is 5.29. The molecule has 0 amide bonds. The Bertz CT molecular complexity index is 685. The molecular formula is C22H37N3O4. The molecule has 2 rings (SSSR count). The van der Waals surface area contributed by atoms with Crippen molar-refractivity contribution in [3.05, 3.63) is 17.7 Å². The Hall–Kier alpha value is -2.15. The van der Waals surface area contributed by atoms with Crippen molar-refractivity contribution in [2.45, 2.75) is 46.3 Å². The largest absolute Gasteiger partial charge is 0.496 e. The van der Waals surface area contributed by atoms with E-state index in [1.54, 1.807) is 28.4 Å². The van der Waals surface area contributed by atoms with Crippen molar-refractivity contribution < 1.29 is 18.9 Å². The molecule has 0 radical (unpaired) electrons. The van der Waals surface area contributed by atoms with Crippen LogP contribution in [0.15, 0.2) is 17.1 Å². The van der Waals surface area contributed by atoms with Gasteiger partial charge in [-0.3, -0.25) is 4.99 Å². The van der Waals surface area contributed by atoms with Gasteiger partial charge >= 0.3 is 0 Å². The Labute approximate surface area is 175 Å². The highest BCUT2D eigenvalue weighted by molar-refractivity contribution is 5.79. The summed E-state index contributed by atoms with van der Waals surface area (Å²) in [6, 6.07) is 3.75. The second kappa shape index (κ2) is 10.6. The molecule has 0 aromatic heterocycles. The number of hydrogen-bond donors (Lipinski definition) is 2. The van der Waals surface area contributed by atoms with E-state index in [0.29, 0.717) is 24.0 Å². The predicted octanol–water partition coefficient (Wildman–Crippen LogP) is 3.22. The summed E-state index contributed by atoms with van der Waals surface area (Å²) in [6.45, 7) is 8.95. The molecule has 0 saturated carbocycles. The van der Waals surface area contributed by atoms with Gasteiger partial charge in [-0.2, -0.15) is 0 Å². The summed E-state index contributed by atoms with van der Waals surface area (Å²) in [5, 5.41) is 6.83. The smallest absolute Gasteiger partial charge is 0.191 e. The number of guanidine groups is 1. The summed E-state index contributed by atoms with van der Waals surface area (Å²) in [5.41, 5.74) is 1.08. The Morgan fingerprint density at radius 2 is 1.72 bits per heavy atom. The SMILES string of the molecule is CN=C(NCc1cc(OC)c(OC)cc1OC)NCC1CCCOC1C(C)(C)C. The van der Waals surface area contributed by atoms with Crippen LogP contribution in [0.4, 0.5) is 0 Å². The van der Waals surface area contributed by atoms with E-state index in [2.05, 4.69) is 36.4 Å². The summed E-state index contributed by atoms with van der Waals surface area (Å²) in [6.07, 6.45) is 2.51. The van der Waals surface area contributed by atoms with E-state index in [4.69, 9.17) is 18.9 Å². The molecule has 7 heteroatoms. The van der Waals surface area contributed by atoms with Crippen molar-refractivity contribution in [1.29, 1.82) is 0 Å². The van der Waals surface area contributed by atoms with Crippen LogP contribution in [0.2, 0.25) is 0 Å². The lowest BCUT2D eigenvalue weighted by Crippen LogP contribution is -2.47. The van der Waals surface area contributed by atoms with E-state index >= 15 is 0 Å². The first-order valence-corrected chi connectivity index (χ1v) is 10.2. The number of benzene rings is 1. The minimum absolute atomic E-state index is 0.122. The molecule has 7 nitrogen and oxygen atoms in total. The molecule has 1 aliphatic heterocycles.